The van der Waals surface area contributed by atoms with Gasteiger partial charge in [0.05, 0.1) is 23.2 Å². The highest BCUT2D eigenvalue weighted by atomic mass is 19.4. The lowest BCUT2D eigenvalue weighted by Gasteiger charge is -2.15. The number of aromatic nitrogens is 2. The first-order valence-electron chi connectivity index (χ1n) is 9.55. The van der Waals surface area contributed by atoms with E-state index in [-0.39, 0.29) is 34.5 Å². The van der Waals surface area contributed by atoms with Crippen molar-refractivity contribution in [1.82, 2.24) is 9.78 Å². The number of nitrogens with one attached hydrogen (secondary N) is 1. The van der Waals surface area contributed by atoms with Gasteiger partial charge in [-0.15, -0.1) is 0 Å². The van der Waals surface area contributed by atoms with E-state index in [0.29, 0.717) is 6.42 Å². The van der Waals surface area contributed by atoms with Gasteiger partial charge in [0.15, 0.2) is 5.69 Å². The number of hydrogen-bond acceptors (Lipinski definition) is 5. The van der Waals surface area contributed by atoms with Crippen molar-refractivity contribution in [2.75, 3.05) is 11.9 Å². The fourth-order valence-electron chi connectivity index (χ4n) is 2.99. The molecular formula is C21H19F3N4O4. The Bertz CT molecular complexity index is 1240. The van der Waals surface area contributed by atoms with E-state index < -0.39 is 35.7 Å². The number of anilines is 1. The van der Waals surface area contributed by atoms with Crippen molar-refractivity contribution in [2.24, 2.45) is 5.73 Å². The standard InChI is InChI=1S/C21H19F3N4O4/c1-2-9-32-16-8-7-12(21(22,23)24)10-15(16)26-17(29)11-28-20(31)14-6-4-3-5-13(14)18(27-28)19(25)30/h3-8,10H,2,9,11H2,1H3,(H2,25,30)(H,26,29). The number of alkyl halides is 3. The van der Waals surface area contributed by atoms with Gasteiger partial charge in [0.2, 0.25) is 5.91 Å². The molecule has 0 atom stereocenters. The number of amides is 2. The van der Waals surface area contributed by atoms with Crippen molar-refractivity contribution in [1.29, 1.82) is 0 Å². The summed E-state index contributed by atoms with van der Waals surface area (Å²) in [6.45, 7) is 1.38. The van der Waals surface area contributed by atoms with Crippen LogP contribution in [0.1, 0.15) is 29.4 Å². The molecule has 1 heterocycles. The van der Waals surface area contributed by atoms with Crippen LogP contribution in [0.4, 0.5) is 18.9 Å². The maximum Gasteiger partial charge on any atom is 0.416 e. The van der Waals surface area contributed by atoms with E-state index in [1.165, 1.54) is 12.1 Å². The number of primary amides is 1. The highest BCUT2D eigenvalue weighted by Crippen LogP contribution is 2.35. The molecule has 168 valence electrons. The number of nitrogens with two attached hydrogens (primary N) is 1. The predicted molar refractivity (Wildman–Crippen MR) is 110 cm³/mol. The first kappa shape index (κ1) is 22.8. The number of nitrogens with zero attached hydrogens (tertiary/aromatic N) is 2. The molecule has 0 bridgehead atoms. The molecule has 8 nitrogen and oxygen atoms in total. The third kappa shape index (κ3) is 4.88. The summed E-state index contributed by atoms with van der Waals surface area (Å²) in [4.78, 5) is 37.0. The highest BCUT2D eigenvalue weighted by Gasteiger charge is 2.31. The summed E-state index contributed by atoms with van der Waals surface area (Å²) in [5.41, 5.74) is 3.28. The zero-order valence-electron chi connectivity index (χ0n) is 16.9. The molecule has 0 saturated heterocycles. The van der Waals surface area contributed by atoms with Crippen LogP contribution in [0.25, 0.3) is 10.8 Å². The minimum Gasteiger partial charge on any atom is -0.491 e. The van der Waals surface area contributed by atoms with Crippen LogP contribution >= 0.6 is 0 Å². The third-order valence-electron chi connectivity index (χ3n) is 4.44. The number of carbonyl (C=O) groups is 2. The minimum atomic E-state index is -4.63. The molecule has 0 unspecified atom stereocenters. The molecule has 0 aliphatic heterocycles. The van der Waals surface area contributed by atoms with E-state index in [1.807, 2.05) is 6.92 Å². The van der Waals surface area contributed by atoms with Gasteiger partial charge in [0.1, 0.15) is 12.3 Å². The van der Waals surface area contributed by atoms with Gasteiger partial charge in [-0.3, -0.25) is 14.4 Å². The maximum absolute atomic E-state index is 13.1. The van der Waals surface area contributed by atoms with Crippen LogP contribution in [0.15, 0.2) is 47.3 Å². The zero-order valence-corrected chi connectivity index (χ0v) is 16.9. The number of carbonyl (C=O) groups excluding carboxylic acids is 2. The van der Waals surface area contributed by atoms with E-state index in [2.05, 4.69) is 10.4 Å². The summed E-state index contributed by atoms with van der Waals surface area (Å²) in [5, 5.41) is 6.54. The molecule has 32 heavy (non-hydrogen) atoms. The summed E-state index contributed by atoms with van der Waals surface area (Å²) in [6, 6.07) is 8.80. The van der Waals surface area contributed by atoms with Crippen LogP contribution in [0.5, 0.6) is 5.75 Å². The summed E-state index contributed by atoms with van der Waals surface area (Å²) >= 11 is 0. The van der Waals surface area contributed by atoms with Crippen molar-refractivity contribution in [3.63, 3.8) is 0 Å². The maximum atomic E-state index is 13.1. The number of rotatable bonds is 7. The van der Waals surface area contributed by atoms with Gasteiger partial charge in [-0.2, -0.15) is 18.3 Å². The Morgan fingerprint density at radius 1 is 1.16 bits per heavy atom. The Morgan fingerprint density at radius 3 is 2.47 bits per heavy atom. The molecular weight excluding hydrogens is 429 g/mol. The second-order valence-corrected chi connectivity index (χ2v) is 6.83. The van der Waals surface area contributed by atoms with Crippen LogP contribution in [0.2, 0.25) is 0 Å². The summed E-state index contributed by atoms with van der Waals surface area (Å²) in [6.07, 6.45) is -4.03. The van der Waals surface area contributed by atoms with E-state index in [9.17, 15) is 27.6 Å². The molecule has 2 aromatic carbocycles. The van der Waals surface area contributed by atoms with Crippen LogP contribution in [0, 0.1) is 0 Å². The predicted octanol–water partition coefficient (Wildman–Crippen LogP) is 2.94. The lowest BCUT2D eigenvalue weighted by atomic mass is 10.1. The number of fused-ring (bicyclic) bond motifs is 1. The van der Waals surface area contributed by atoms with Crippen molar-refractivity contribution in [3.8, 4) is 5.75 Å². The number of hydrogen-bond donors (Lipinski definition) is 2. The topological polar surface area (TPSA) is 116 Å². The molecule has 0 fully saturated rings. The van der Waals surface area contributed by atoms with E-state index in [4.69, 9.17) is 10.5 Å². The SMILES string of the molecule is CCCOc1ccc(C(F)(F)F)cc1NC(=O)Cn1nc(C(N)=O)c2ccccc2c1=O. The van der Waals surface area contributed by atoms with Crippen molar-refractivity contribution in [3.05, 3.63) is 64.1 Å². The molecule has 2 amide bonds. The van der Waals surface area contributed by atoms with Crippen LogP contribution < -0.4 is 21.3 Å². The van der Waals surface area contributed by atoms with Gasteiger partial charge in [0.25, 0.3) is 11.5 Å². The van der Waals surface area contributed by atoms with Gasteiger partial charge in [-0.05, 0) is 30.7 Å². The minimum absolute atomic E-state index is 0.0462. The van der Waals surface area contributed by atoms with E-state index in [1.54, 1.807) is 12.1 Å². The summed E-state index contributed by atoms with van der Waals surface area (Å²) < 4.78 is 45.5. The Labute approximate surface area is 179 Å². The lowest BCUT2D eigenvalue weighted by Crippen LogP contribution is -2.32. The van der Waals surface area contributed by atoms with E-state index in [0.717, 1.165) is 22.9 Å². The first-order chi connectivity index (χ1) is 15.1. The molecule has 3 aromatic rings. The molecule has 0 spiro atoms. The van der Waals surface area contributed by atoms with Gasteiger partial charge in [0, 0.05) is 5.39 Å². The van der Waals surface area contributed by atoms with Crippen LogP contribution in [-0.2, 0) is 17.5 Å². The molecule has 3 N–H and O–H groups in total. The third-order valence-corrected chi connectivity index (χ3v) is 4.44. The van der Waals surface area contributed by atoms with E-state index >= 15 is 0 Å². The van der Waals surface area contributed by atoms with Crippen LogP contribution in [-0.4, -0.2) is 28.2 Å². The fraction of sp³-hybridized carbons (Fsp3) is 0.238. The molecule has 11 heteroatoms. The first-order valence-corrected chi connectivity index (χ1v) is 9.55. The second kappa shape index (κ2) is 9.08. The molecule has 0 saturated carbocycles. The zero-order chi connectivity index (χ0) is 23.5. The van der Waals surface area contributed by atoms with Crippen LogP contribution in [0.3, 0.4) is 0 Å². The number of benzene rings is 2. The average Bonchev–Trinajstić information content (AvgIpc) is 2.74. The smallest absolute Gasteiger partial charge is 0.416 e. The van der Waals surface area contributed by atoms with Gasteiger partial charge in [-0.25, -0.2) is 4.68 Å². The Morgan fingerprint density at radius 2 is 1.84 bits per heavy atom. The molecule has 0 radical (unpaired) electrons. The number of ether oxygens (including phenoxy) is 1. The summed E-state index contributed by atoms with van der Waals surface area (Å²) in [7, 11) is 0. The lowest BCUT2D eigenvalue weighted by molar-refractivity contribution is -0.137. The highest BCUT2D eigenvalue weighted by molar-refractivity contribution is 6.04. The Kier molecular flexibility index (Phi) is 6.47. The monoisotopic (exact) mass is 448 g/mol. The normalized spacial score (nSPS) is 11.4. The molecule has 0 aliphatic carbocycles. The molecule has 0 aliphatic rings. The van der Waals surface area contributed by atoms with Gasteiger partial charge < -0.3 is 15.8 Å². The van der Waals surface area contributed by atoms with Crippen molar-refractivity contribution < 1.29 is 27.5 Å². The Balaban J connectivity index is 1.95. The van der Waals surface area contributed by atoms with Gasteiger partial charge in [-0.1, -0.05) is 25.1 Å². The average molecular weight is 448 g/mol. The molecule has 3 rings (SSSR count). The van der Waals surface area contributed by atoms with Crippen molar-refractivity contribution >= 4 is 28.3 Å². The number of halogens is 3. The summed E-state index contributed by atoms with van der Waals surface area (Å²) in [5.74, 6) is -1.70. The quantitative estimate of drug-likeness (QED) is 0.577. The van der Waals surface area contributed by atoms with Crippen molar-refractivity contribution in [2.45, 2.75) is 26.1 Å². The fourth-order valence-corrected chi connectivity index (χ4v) is 2.99. The largest absolute Gasteiger partial charge is 0.491 e. The molecule has 1 aromatic heterocycles. The second-order valence-electron chi connectivity index (χ2n) is 6.83. The Hall–Kier alpha value is -3.89. The van der Waals surface area contributed by atoms with Gasteiger partial charge >= 0.3 is 6.18 Å².